The van der Waals surface area contributed by atoms with Crippen molar-refractivity contribution in [3.05, 3.63) is 11.1 Å². The lowest BCUT2D eigenvalue weighted by Gasteiger charge is -2.00. The summed E-state index contributed by atoms with van der Waals surface area (Å²) in [5.41, 5.74) is 5.69. The minimum atomic E-state index is -0.556. The summed E-state index contributed by atoms with van der Waals surface area (Å²) in [7, 11) is 0. The molecule has 0 aliphatic carbocycles. The van der Waals surface area contributed by atoms with Gasteiger partial charge in [-0.1, -0.05) is 5.16 Å². The highest BCUT2D eigenvalue weighted by Gasteiger charge is 2.08. The van der Waals surface area contributed by atoms with Gasteiger partial charge in [0, 0.05) is 5.38 Å². The largest absolute Gasteiger partial charge is 0.463 e. The molecule has 0 aliphatic rings. The van der Waals surface area contributed by atoms with E-state index in [0.717, 1.165) is 0 Å². The fourth-order valence-electron chi connectivity index (χ4n) is 0.891. The summed E-state index contributed by atoms with van der Waals surface area (Å²) in [6, 6.07) is 0. The first-order valence-electron chi connectivity index (χ1n) is 4.69. The Bertz CT molecular complexity index is 430. The maximum atomic E-state index is 10.9. The van der Waals surface area contributed by atoms with Crippen molar-refractivity contribution in [3.8, 4) is 0 Å². The van der Waals surface area contributed by atoms with Crippen LogP contribution in [0, 0.1) is 0 Å². The van der Waals surface area contributed by atoms with Gasteiger partial charge in [0.05, 0.1) is 6.61 Å². The number of anilines is 1. The predicted molar refractivity (Wildman–Crippen MR) is 61.7 cm³/mol. The first-order valence-corrected chi connectivity index (χ1v) is 5.57. The van der Waals surface area contributed by atoms with Gasteiger partial charge in [-0.2, -0.15) is 0 Å². The third-order valence-corrected chi connectivity index (χ3v) is 2.22. The number of hydrogen-bond acceptors (Lipinski definition) is 8. The third kappa shape index (κ3) is 4.19. The second-order valence-corrected chi connectivity index (χ2v) is 3.63. The number of ether oxygens (including phenoxy) is 1. The van der Waals surface area contributed by atoms with Crippen LogP contribution in [0.4, 0.5) is 5.13 Å². The van der Waals surface area contributed by atoms with Gasteiger partial charge in [0.15, 0.2) is 17.1 Å². The van der Waals surface area contributed by atoms with Crippen LogP contribution in [0.3, 0.4) is 0 Å². The SMILES string of the molecule is CCOC(=O)CO/N=C(\C=O)c1csc(N)n1. The van der Waals surface area contributed by atoms with Crippen molar-refractivity contribution < 1.29 is 19.2 Å². The Hall–Kier alpha value is -1.96. The number of aromatic nitrogens is 1. The van der Waals surface area contributed by atoms with E-state index in [0.29, 0.717) is 17.1 Å². The van der Waals surface area contributed by atoms with Gasteiger partial charge in [0.1, 0.15) is 5.69 Å². The number of thiazole rings is 1. The Kier molecular flexibility index (Phi) is 5.08. The fraction of sp³-hybridized carbons (Fsp3) is 0.333. The fourth-order valence-corrected chi connectivity index (χ4v) is 1.45. The van der Waals surface area contributed by atoms with Crippen molar-refractivity contribution in [2.75, 3.05) is 18.9 Å². The normalized spacial score (nSPS) is 11.0. The van der Waals surface area contributed by atoms with Gasteiger partial charge in [-0.05, 0) is 6.92 Å². The molecule has 1 heterocycles. The molecule has 0 bridgehead atoms. The molecule has 0 saturated heterocycles. The van der Waals surface area contributed by atoms with E-state index < -0.39 is 5.97 Å². The number of nitrogens with two attached hydrogens (primary N) is 1. The van der Waals surface area contributed by atoms with Crippen LogP contribution in [0.25, 0.3) is 0 Å². The summed E-state index contributed by atoms with van der Waals surface area (Å²) in [6.07, 6.45) is 0.472. The Morgan fingerprint density at radius 2 is 2.47 bits per heavy atom. The molecule has 1 aromatic heterocycles. The van der Waals surface area contributed by atoms with Gasteiger partial charge in [-0.25, -0.2) is 9.78 Å². The van der Waals surface area contributed by atoms with Crippen LogP contribution in [0.1, 0.15) is 12.6 Å². The number of carbonyl (C=O) groups excluding carboxylic acids is 2. The van der Waals surface area contributed by atoms with Crippen LogP contribution >= 0.6 is 11.3 Å². The number of aldehydes is 1. The van der Waals surface area contributed by atoms with Crippen LogP contribution in [-0.4, -0.2) is 36.2 Å². The highest BCUT2D eigenvalue weighted by atomic mass is 32.1. The van der Waals surface area contributed by atoms with E-state index in [4.69, 9.17) is 5.73 Å². The molecule has 2 N–H and O–H groups in total. The Labute approximate surface area is 101 Å². The number of nitrogens with zero attached hydrogens (tertiary/aromatic N) is 2. The molecule has 8 heteroatoms. The third-order valence-electron chi connectivity index (χ3n) is 1.55. The van der Waals surface area contributed by atoms with E-state index in [1.165, 1.54) is 11.3 Å². The van der Waals surface area contributed by atoms with Crippen LogP contribution < -0.4 is 5.73 Å². The molecule has 0 radical (unpaired) electrons. The van der Waals surface area contributed by atoms with Crippen LogP contribution in [0.5, 0.6) is 0 Å². The molecular weight excluding hydrogens is 246 g/mol. The first kappa shape index (κ1) is 13.1. The molecule has 0 amide bonds. The number of oxime groups is 1. The summed E-state index contributed by atoms with van der Waals surface area (Å²) in [4.78, 5) is 30.2. The monoisotopic (exact) mass is 257 g/mol. The molecule has 17 heavy (non-hydrogen) atoms. The molecule has 1 rings (SSSR count). The zero-order chi connectivity index (χ0) is 12.7. The van der Waals surface area contributed by atoms with Gasteiger partial charge < -0.3 is 15.3 Å². The van der Waals surface area contributed by atoms with Gasteiger partial charge >= 0.3 is 5.97 Å². The van der Waals surface area contributed by atoms with E-state index in [9.17, 15) is 9.59 Å². The lowest BCUT2D eigenvalue weighted by atomic mass is 10.3. The summed E-state index contributed by atoms with van der Waals surface area (Å²) in [5.74, 6) is -0.556. The van der Waals surface area contributed by atoms with Crippen LogP contribution in [0.15, 0.2) is 10.5 Å². The molecule has 0 aliphatic heterocycles. The number of hydrogen-bond donors (Lipinski definition) is 1. The summed E-state index contributed by atoms with van der Waals surface area (Å²) < 4.78 is 4.61. The Morgan fingerprint density at radius 3 is 3.00 bits per heavy atom. The molecular formula is C9H11N3O4S. The van der Waals surface area contributed by atoms with Crippen LogP contribution in [0.2, 0.25) is 0 Å². The quantitative estimate of drug-likeness (QED) is 0.338. The van der Waals surface area contributed by atoms with Crippen molar-refractivity contribution in [2.24, 2.45) is 5.16 Å². The summed E-state index contributed by atoms with van der Waals surface area (Å²) in [6.45, 7) is 1.58. The number of rotatable bonds is 6. The summed E-state index contributed by atoms with van der Waals surface area (Å²) >= 11 is 1.18. The maximum absolute atomic E-state index is 10.9. The summed E-state index contributed by atoms with van der Waals surface area (Å²) in [5, 5.41) is 5.37. The average molecular weight is 257 g/mol. The lowest BCUT2D eigenvalue weighted by Crippen LogP contribution is -2.12. The molecule has 0 spiro atoms. The molecule has 7 nitrogen and oxygen atoms in total. The zero-order valence-corrected chi connectivity index (χ0v) is 9.90. The van der Waals surface area contributed by atoms with E-state index in [1.807, 2.05) is 0 Å². The number of esters is 1. The van der Waals surface area contributed by atoms with Crippen molar-refractivity contribution >= 4 is 34.4 Å². The first-order chi connectivity index (χ1) is 8.17. The molecule has 0 aromatic carbocycles. The molecule has 1 aromatic rings. The Balaban J connectivity index is 2.56. The van der Waals surface area contributed by atoms with E-state index >= 15 is 0 Å². The van der Waals surface area contributed by atoms with Crippen LogP contribution in [-0.2, 0) is 19.2 Å². The topological polar surface area (TPSA) is 104 Å². The highest BCUT2D eigenvalue weighted by molar-refractivity contribution is 7.13. The minimum absolute atomic E-state index is 0.0257. The van der Waals surface area contributed by atoms with E-state index in [-0.39, 0.29) is 18.9 Å². The smallest absolute Gasteiger partial charge is 0.347 e. The second-order valence-electron chi connectivity index (χ2n) is 2.74. The van der Waals surface area contributed by atoms with Gasteiger partial charge in [0.25, 0.3) is 0 Å². The van der Waals surface area contributed by atoms with Crippen molar-refractivity contribution in [1.82, 2.24) is 4.98 Å². The predicted octanol–water partition coefficient (Wildman–Crippen LogP) is 0.208. The second kappa shape index (κ2) is 6.59. The van der Waals surface area contributed by atoms with E-state index in [2.05, 4.69) is 19.7 Å². The molecule has 0 saturated carbocycles. The molecule has 92 valence electrons. The standard InChI is InChI=1S/C9H11N3O4S/c1-2-15-8(14)4-16-12-6(3-13)7-5-17-9(10)11-7/h3,5H,2,4H2,1H3,(H2,10,11)/b12-6+. The Morgan fingerprint density at radius 1 is 1.71 bits per heavy atom. The van der Waals surface area contributed by atoms with Crippen molar-refractivity contribution in [2.45, 2.75) is 6.92 Å². The molecule has 0 unspecified atom stereocenters. The number of nitrogen functional groups attached to an aromatic ring is 1. The van der Waals surface area contributed by atoms with E-state index in [1.54, 1.807) is 12.3 Å². The average Bonchev–Trinajstić information content (AvgIpc) is 2.71. The highest BCUT2D eigenvalue weighted by Crippen LogP contribution is 2.11. The minimum Gasteiger partial charge on any atom is -0.463 e. The van der Waals surface area contributed by atoms with Crippen molar-refractivity contribution in [1.29, 1.82) is 0 Å². The zero-order valence-electron chi connectivity index (χ0n) is 9.08. The molecule has 0 atom stereocenters. The maximum Gasteiger partial charge on any atom is 0.347 e. The van der Waals surface area contributed by atoms with Gasteiger partial charge in [-0.3, -0.25) is 4.79 Å². The van der Waals surface area contributed by atoms with Gasteiger partial charge in [0.2, 0.25) is 6.61 Å². The van der Waals surface area contributed by atoms with Crippen molar-refractivity contribution in [3.63, 3.8) is 0 Å². The number of carbonyl (C=O) groups is 2. The molecule has 0 fully saturated rings. The lowest BCUT2D eigenvalue weighted by molar-refractivity contribution is -0.148. The van der Waals surface area contributed by atoms with Gasteiger partial charge in [-0.15, -0.1) is 11.3 Å².